The zero-order valence-electron chi connectivity index (χ0n) is 17.4. The molecule has 160 valence electrons. The van der Waals surface area contributed by atoms with E-state index in [1.807, 2.05) is 42.5 Å². The van der Waals surface area contributed by atoms with Crippen LogP contribution < -0.4 is 4.90 Å². The quantitative estimate of drug-likeness (QED) is 0.736. The molecule has 0 aromatic heterocycles. The summed E-state index contributed by atoms with van der Waals surface area (Å²) in [4.78, 5) is 17.0. The average molecular weight is 428 g/mol. The van der Waals surface area contributed by atoms with Crippen molar-refractivity contribution in [2.75, 3.05) is 37.6 Å². The van der Waals surface area contributed by atoms with E-state index in [1.54, 1.807) is 4.90 Å². The van der Waals surface area contributed by atoms with Gasteiger partial charge in [0.2, 0.25) is 15.9 Å². The van der Waals surface area contributed by atoms with Crippen LogP contribution in [0.3, 0.4) is 0 Å². The number of carbonyl (C=O) groups excluding carboxylic acids is 1. The molecule has 2 aromatic rings. The SMILES string of the molecule is C[C@H]1CCc2ccccc2N1CC(=O)N1CCN(S(=O)(=O)Cc2ccccc2)CC1. The molecule has 0 aliphatic carbocycles. The van der Waals surface area contributed by atoms with Crippen molar-refractivity contribution in [1.82, 2.24) is 9.21 Å². The standard InChI is InChI=1S/C23H29N3O3S/c1-19-11-12-21-9-5-6-10-22(21)26(19)17-23(27)24-13-15-25(16-14-24)30(28,29)18-20-7-3-2-4-8-20/h2-10,19H,11-18H2,1H3/t19-/m0/s1. The lowest BCUT2D eigenvalue weighted by Gasteiger charge is -2.39. The van der Waals surface area contributed by atoms with Gasteiger partial charge in [-0.2, -0.15) is 4.31 Å². The number of sulfonamides is 1. The molecule has 6 nitrogen and oxygen atoms in total. The Labute approximate surface area is 179 Å². The molecule has 1 fully saturated rings. The van der Waals surface area contributed by atoms with E-state index in [9.17, 15) is 13.2 Å². The molecule has 0 unspecified atom stereocenters. The molecule has 2 aliphatic rings. The van der Waals surface area contributed by atoms with Gasteiger partial charge in [0.1, 0.15) is 0 Å². The van der Waals surface area contributed by atoms with Gasteiger partial charge in [-0.3, -0.25) is 4.79 Å². The molecule has 2 aromatic carbocycles. The van der Waals surface area contributed by atoms with Crippen LogP contribution in [0.25, 0.3) is 0 Å². The third-order valence-electron chi connectivity index (χ3n) is 6.15. The summed E-state index contributed by atoms with van der Waals surface area (Å²) >= 11 is 0. The summed E-state index contributed by atoms with van der Waals surface area (Å²) in [6, 6.07) is 17.8. The van der Waals surface area contributed by atoms with E-state index < -0.39 is 10.0 Å². The highest BCUT2D eigenvalue weighted by Gasteiger charge is 2.31. The van der Waals surface area contributed by atoms with Crippen LogP contribution in [-0.4, -0.2) is 62.3 Å². The molecule has 0 bridgehead atoms. The monoisotopic (exact) mass is 427 g/mol. The fourth-order valence-electron chi connectivity index (χ4n) is 4.34. The molecule has 0 N–H and O–H groups in total. The molecule has 2 heterocycles. The molecule has 0 spiro atoms. The Balaban J connectivity index is 1.36. The number of aryl methyl sites for hydroxylation is 1. The highest BCUT2D eigenvalue weighted by molar-refractivity contribution is 7.88. The molecular formula is C23H29N3O3S. The molecular weight excluding hydrogens is 398 g/mol. The number of rotatable bonds is 5. The van der Waals surface area contributed by atoms with Crippen LogP contribution in [0, 0.1) is 0 Å². The van der Waals surface area contributed by atoms with Crippen LogP contribution in [0.15, 0.2) is 54.6 Å². The lowest BCUT2D eigenvalue weighted by Crippen LogP contribution is -2.53. The molecule has 4 rings (SSSR count). The Morgan fingerprint density at radius 2 is 1.63 bits per heavy atom. The summed E-state index contributed by atoms with van der Waals surface area (Å²) in [5.74, 6) is 0.0720. The molecule has 0 radical (unpaired) electrons. The van der Waals surface area contributed by atoms with Crippen molar-refractivity contribution in [3.8, 4) is 0 Å². The summed E-state index contributed by atoms with van der Waals surface area (Å²) in [5, 5.41) is 0. The van der Waals surface area contributed by atoms with Crippen molar-refractivity contribution in [1.29, 1.82) is 0 Å². The number of para-hydroxylation sites is 1. The van der Waals surface area contributed by atoms with Gasteiger partial charge in [-0.1, -0.05) is 48.5 Å². The largest absolute Gasteiger partial charge is 0.359 e. The summed E-state index contributed by atoms with van der Waals surface area (Å²) in [7, 11) is -3.38. The first kappa shape index (κ1) is 20.9. The van der Waals surface area contributed by atoms with Crippen molar-refractivity contribution in [3.05, 3.63) is 65.7 Å². The van der Waals surface area contributed by atoms with Gasteiger partial charge in [0.25, 0.3) is 0 Å². The number of nitrogens with zero attached hydrogens (tertiary/aromatic N) is 3. The topological polar surface area (TPSA) is 60.9 Å². The fourth-order valence-corrected chi connectivity index (χ4v) is 5.85. The van der Waals surface area contributed by atoms with Gasteiger partial charge in [0.05, 0.1) is 12.3 Å². The number of benzene rings is 2. The summed E-state index contributed by atoms with van der Waals surface area (Å²) in [6.45, 7) is 4.10. The normalized spacial score (nSPS) is 20.1. The Hall–Kier alpha value is -2.38. The Bertz CT molecular complexity index is 986. The molecule has 1 atom stereocenters. The average Bonchev–Trinajstić information content (AvgIpc) is 2.76. The van der Waals surface area contributed by atoms with E-state index >= 15 is 0 Å². The second kappa shape index (κ2) is 8.78. The van der Waals surface area contributed by atoms with E-state index in [2.05, 4.69) is 24.0 Å². The number of hydrogen-bond donors (Lipinski definition) is 0. The predicted octanol–water partition coefficient (Wildman–Crippen LogP) is 2.50. The number of fused-ring (bicyclic) bond motifs is 1. The van der Waals surface area contributed by atoms with E-state index in [1.165, 1.54) is 9.87 Å². The third-order valence-corrected chi connectivity index (χ3v) is 8.00. The van der Waals surface area contributed by atoms with Gasteiger partial charge in [-0.05, 0) is 37.0 Å². The summed E-state index contributed by atoms with van der Waals surface area (Å²) < 4.78 is 27.0. The van der Waals surface area contributed by atoms with Crippen LogP contribution in [-0.2, 0) is 27.0 Å². The van der Waals surface area contributed by atoms with Crippen LogP contribution in [0.1, 0.15) is 24.5 Å². The van der Waals surface area contributed by atoms with Crippen LogP contribution >= 0.6 is 0 Å². The Morgan fingerprint density at radius 3 is 2.37 bits per heavy atom. The minimum absolute atomic E-state index is 0.00383. The molecule has 1 saturated heterocycles. The zero-order chi connectivity index (χ0) is 21.1. The fraction of sp³-hybridized carbons (Fsp3) is 0.435. The second-order valence-electron chi connectivity index (χ2n) is 8.17. The lowest BCUT2D eigenvalue weighted by atomic mass is 9.96. The number of amides is 1. The van der Waals surface area contributed by atoms with E-state index in [-0.39, 0.29) is 11.7 Å². The van der Waals surface area contributed by atoms with Gasteiger partial charge in [0, 0.05) is 37.9 Å². The first-order valence-electron chi connectivity index (χ1n) is 10.6. The molecule has 0 saturated carbocycles. The van der Waals surface area contributed by atoms with Crippen LogP contribution in [0.4, 0.5) is 5.69 Å². The summed E-state index contributed by atoms with van der Waals surface area (Å²) in [6.07, 6.45) is 2.08. The molecule has 1 amide bonds. The Morgan fingerprint density at radius 1 is 0.967 bits per heavy atom. The highest BCUT2D eigenvalue weighted by Crippen LogP contribution is 2.30. The maximum absolute atomic E-state index is 13.0. The highest BCUT2D eigenvalue weighted by atomic mass is 32.2. The first-order chi connectivity index (χ1) is 14.4. The van der Waals surface area contributed by atoms with Gasteiger partial charge < -0.3 is 9.80 Å². The van der Waals surface area contributed by atoms with Crippen molar-refractivity contribution >= 4 is 21.6 Å². The van der Waals surface area contributed by atoms with Gasteiger partial charge >= 0.3 is 0 Å². The number of carbonyl (C=O) groups is 1. The van der Waals surface area contributed by atoms with E-state index in [0.29, 0.717) is 38.8 Å². The van der Waals surface area contributed by atoms with Crippen molar-refractivity contribution in [3.63, 3.8) is 0 Å². The van der Waals surface area contributed by atoms with Crippen molar-refractivity contribution in [2.24, 2.45) is 0 Å². The maximum atomic E-state index is 13.0. The first-order valence-corrected chi connectivity index (χ1v) is 12.2. The van der Waals surface area contributed by atoms with Gasteiger partial charge in [0.15, 0.2) is 0 Å². The van der Waals surface area contributed by atoms with E-state index in [4.69, 9.17) is 0 Å². The Kier molecular flexibility index (Phi) is 6.11. The molecule has 30 heavy (non-hydrogen) atoms. The van der Waals surface area contributed by atoms with E-state index in [0.717, 1.165) is 24.1 Å². The number of piperazine rings is 1. The predicted molar refractivity (Wildman–Crippen MR) is 119 cm³/mol. The molecule has 7 heteroatoms. The minimum atomic E-state index is -3.38. The molecule has 2 aliphatic heterocycles. The van der Waals surface area contributed by atoms with Crippen LogP contribution in [0.2, 0.25) is 0 Å². The second-order valence-corrected chi connectivity index (χ2v) is 10.1. The minimum Gasteiger partial charge on any atom is -0.359 e. The van der Waals surface area contributed by atoms with Crippen LogP contribution in [0.5, 0.6) is 0 Å². The van der Waals surface area contributed by atoms with Crippen molar-refractivity contribution in [2.45, 2.75) is 31.6 Å². The van der Waals surface area contributed by atoms with Gasteiger partial charge in [-0.15, -0.1) is 0 Å². The lowest BCUT2D eigenvalue weighted by molar-refractivity contribution is -0.131. The summed E-state index contributed by atoms with van der Waals surface area (Å²) in [5.41, 5.74) is 3.22. The third kappa shape index (κ3) is 4.52. The smallest absolute Gasteiger partial charge is 0.242 e. The number of hydrogen-bond acceptors (Lipinski definition) is 4. The zero-order valence-corrected chi connectivity index (χ0v) is 18.2. The number of anilines is 1. The van der Waals surface area contributed by atoms with Crippen molar-refractivity contribution < 1.29 is 13.2 Å². The maximum Gasteiger partial charge on any atom is 0.242 e. The van der Waals surface area contributed by atoms with Gasteiger partial charge in [-0.25, -0.2) is 8.42 Å².